The molecule has 4 fully saturated rings. The Kier molecular flexibility index (Phi) is 2.86. The molecular weight excluding hydrogens is 312 g/mol. The predicted octanol–water partition coefficient (Wildman–Crippen LogP) is 4.35. The van der Waals surface area contributed by atoms with Crippen molar-refractivity contribution >= 4 is 0 Å². The van der Waals surface area contributed by atoms with Gasteiger partial charge in [-0.25, -0.2) is 0 Å². The van der Waals surface area contributed by atoms with Gasteiger partial charge in [-0.15, -0.1) is 0 Å². The molecule has 0 bridgehead atoms. The third-order valence-electron chi connectivity index (χ3n) is 6.54. The van der Waals surface area contributed by atoms with Gasteiger partial charge < -0.3 is 14.2 Å². The van der Waals surface area contributed by atoms with Gasteiger partial charge in [0.25, 0.3) is 0 Å². The van der Waals surface area contributed by atoms with Crippen LogP contribution in [0, 0.1) is 0 Å². The van der Waals surface area contributed by atoms with Crippen molar-refractivity contribution in [2.75, 3.05) is 0 Å². The monoisotopic (exact) mass is 334 g/mol. The van der Waals surface area contributed by atoms with Crippen molar-refractivity contribution in [1.82, 2.24) is 0 Å². The van der Waals surface area contributed by atoms with Crippen molar-refractivity contribution < 1.29 is 14.2 Å². The highest BCUT2D eigenvalue weighted by Gasteiger charge is 2.85. The molecule has 3 aliphatic heterocycles. The predicted molar refractivity (Wildman–Crippen MR) is 93.1 cm³/mol. The molecule has 3 heterocycles. The number of fused-ring (bicyclic) bond motifs is 1. The third-order valence-corrected chi connectivity index (χ3v) is 6.54. The highest BCUT2D eigenvalue weighted by molar-refractivity contribution is 5.37. The molecule has 3 saturated heterocycles. The van der Waals surface area contributed by atoms with Crippen LogP contribution in [0.2, 0.25) is 0 Å². The standard InChI is InChI=1S/C22H22O3/c1-3-9-15(10-4-1)17-19(23-17)21-13-7-8-14-22(21,25-21)20-18(24-20)16-11-5-2-6-12-16/h1-6,9-12,17-20H,7-8,13-14H2/t17-,18-,19-,20-,21-,22+/m1/s1. The summed E-state index contributed by atoms with van der Waals surface area (Å²) in [4.78, 5) is 0. The molecule has 2 aromatic carbocycles. The fourth-order valence-corrected chi connectivity index (χ4v) is 5.21. The van der Waals surface area contributed by atoms with Gasteiger partial charge in [0, 0.05) is 0 Å². The fraction of sp³-hybridized carbons (Fsp3) is 0.455. The Morgan fingerprint density at radius 1 is 0.640 bits per heavy atom. The van der Waals surface area contributed by atoms with Gasteiger partial charge in [-0.2, -0.15) is 0 Å². The first-order valence-electron chi connectivity index (χ1n) is 9.45. The van der Waals surface area contributed by atoms with Gasteiger partial charge in [-0.1, -0.05) is 73.5 Å². The Bertz CT molecular complexity index is 724. The Morgan fingerprint density at radius 2 is 1.08 bits per heavy atom. The van der Waals surface area contributed by atoms with E-state index in [-0.39, 0.29) is 35.6 Å². The zero-order valence-electron chi connectivity index (χ0n) is 14.1. The molecule has 3 nitrogen and oxygen atoms in total. The Balaban J connectivity index is 1.26. The third kappa shape index (κ3) is 1.97. The molecule has 1 saturated carbocycles. The lowest BCUT2D eigenvalue weighted by molar-refractivity contribution is 0.209. The molecule has 4 aliphatic rings. The molecule has 6 rings (SSSR count). The molecule has 3 heteroatoms. The number of hydrogen-bond acceptors (Lipinski definition) is 3. The molecule has 0 aromatic heterocycles. The van der Waals surface area contributed by atoms with E-state index in [1.165, 1.54) is 24.0 Å². The zero-order chi connectivity index (χ0) is 16.5. The average molecular weight is 334 g/mol. The molecule has 0 amide bonds. The Hall–Kier alpha value is -1.68. The van der Waals surface area contributed by atoms with E-state index in [0.29, 0.717) is 0 Å². The second-order valence-corrected chi connectivity index (χ2v) is 7.86. The Labute approximate surface area is 147 Å². The molecular formula is C22H22O3. The summed E-state index contributed by atoms with van der Waals surface area (Å²) in [6, 6.07) is 21.1. The highest BCUT2D eigenvalue weighted by atomic mass is 16.7. The maximum Gasteiger partial charge on any atom is 0.130 e. The quantitative estimate of drug-likeness (QED) is 0.780. The van der Waals surface area contributed by atoms with Crippen LogP contribution in [0.3, 0.4) is 0 Å². The van der Waals surface area contributed by atoms with Gasteiger partial charge >= 0.3 is 0 Å². The van der Waals surface area contributed by atoms with Gasteiger partial charge in [0.2, 0.25) is 0 Å². The van der Waals surface area contributed by atoms with Crippen LogP contribution in [0.5, 0.6) is 0 Å². The van der Waals surface area contributed by atoms with E-state index in [0.717, 1.165) is 12.8 Å². The second-order valence-electron chi connectivity index (χ2n) is 7.86. The van der Waals surface area contributed by atoms with Gasteiger partial charge in [0.15, 0.2) is 0 Å². The molecule has 0 N–H and O–H groups in total. The first kappa shape index (κ1) is 14.5. The highest BCUT2D eigenvalue weighted by Crippen LogP contribution is 2.72. The first-order chi connectivity index (χ1) is 12.3. The number of hydrogen-bond donors (Lipinski definition) is 0. The minimum atomic E-state index is -0.125. The van der Waals surface area contributed by atoms with E-state index in [4.69, 9.17) is 14.2 Å². The van der Waals surface area contributed by atoms with Crippen molar-refractivity contribution in [3.8, 4) is 0 Å². The lowest BCUT2D eigenvalue weighted by Crippen LogP contribution is -2.39. The maximum absolute atomic E-state index is 6.55. The number of benzene rings is 2. The van der Waals surface area contributed by atoms with Crippen LogP contribution in [-0.2, 0) is 14.2 Å². The summed E-state index contributed by atoms with van der Waals surface area (Å²) in [6.07, 6.45) is 5.42. The summed E-state index contributed by atoms with van der Waals surface area (Å²) in [6.45, 7) is 0. The normalized spacial score (nSPS) is 44.0. The summed E-state index contributed by atoms with van der Waals surface area (Å²) >= 11 is 0. The molecule has 0 radical (unpaired) electrons. The van der Waals surface area contributed by atoms with Crippen molar-refractivity contribution in [2.24, 2.45) is 0 Å². The maximum atomic E-state index is 6.55. The lowest BCUT2D eigenvalue weighted by Gasteiger charge is -2.22. The smallest absolute Gasteiger partial charge is 0.130 e. The fourth-order valence-electron chi connectivity index (χ4n) is 5.21. The van der Waals surface area contributed by atoms with Gasteiger partial charge in [-0.05, 0) is 24.0 Å². The van der Waals surface area contributed by atoms with Gasteiger partial charge in [0.1, 0.15) is 35.6 Å². The number of rotatable bonds is 4. The van der Waals surface area contributed by atoms with E-state index in [1.807, 2.05) is 0 Å². The average Bonchev–Trinajstić information content (AvgIpc) is 3.56. The molecule has 2 aromatic rings. The van der Waals surface area contributed by atoms with Crippen molar-refractivity contribution in [3.05, 3.63) is 71.8 Å². The summed E-state index contributed by atoms with van der Waals surface area (Å²) in [5.74, 6) is 0. The zero-order valence-corrected chi connectivity index (χ0v) is 14.1. The SMILES string of the molecule is c1ccc([C@H]2O[C@H]2[C@@]23CCCC[C@]2([C@@H]2O[C@@H]2c2ccccc2)O3)cc1. The summed E-state index contributed by atoms with van der Waals surface area (Å²) in [5.41, 5.74) is 2.29. The molecule has 6 atom stereocenters. The van der Waals surface area contributed by atoms with Crippen LogP contribution in [0.1, 0.15) is 49.0 Å². The lowest BCUT2D eigenvalue weighted by atomic mass is 9.73. The number of epoxide rings is 3. The van der Waals surface area contributed by atoms with E-state index in [1.54, 1.807) is 0 Å². The Morgan fingerprint density at radius 3 is 1.52 bits per heavy atom. The summed E-state index contributed by atoms with van der Waals surface area (Å²) < 4.78 is 18.9. The van der Waals surface area contributed by atoms with Crippen molar-refractivity contribution in [1.29, 1.82) is 0 Å². The van der Waals surface area contributed by atoms with Crippen LogP contribution in [-0.4, -0.2) is 23.4 Å². The molecule has 25 heavy (non-hydrogen) atoms. The minimum Gasteiger partial charge on any atom is -0.361 e. The van der Waals surface area contributed by atoms with Crippen LogP contribution >= 0.6 is 0 Å². The van der Waals surface area contributed by atoms with E-state index >= 15 is 0 Å². The van der Waals surface area contributed by atoms with E-state index in [9.17, 15) is 0 Å². The van der Waals surface area contributed by atoms with Crippen LogP contribution in [0.4, 0.5) is 0 Å². The van der Waals surface area contributed by atoms with Crippen LogP contribution in [0.25, 0.3) is 0 Å². The summed E-state index contributed by atoms with van der Waals surface area (Å²) in [7, 11) is 0. The van der Waals surface area contributed by atoms with Crippen LogP contribution in [0.15, 0.2) is 60.7 Å². The number of ether oxygens (including phenoxy) is 3. The van der Waals surface area contributed by atoms with E-state index in [2.05, 4.69) is 60.7 Å². The molecule has 0 spiro atoms. The second kappa shape index (κ2) is 4.94. The first-order valence-corrected chi connectivity index (χ1v) is 9.45. The topological polar surface area (TPSA) is 37.6 Å². The van der Waals surface area contributed by atoms with Crippen LogP contribution < -0.4 is 0 Å². The molecule has 128 valence electrons. The van der Waals surface area contributed by atoms with Crippen molar-refractivity contribution in [2.45, 2.75) is 61.3 Å². The van der Waals surface area contributed by atoms with E-state index < -0.39 is 0 Å². The minimum absolute atomic E-state index is 0.125. The van der Waals surface area contributed by atoms with Gasteiger partial charge in [0.05, 0.1) is 0 Å². The van der Waals surface area contributed by atoms with Gasteiger partial charge in [-0.3, -0.25) is 0 Å². The summed E-state index contributed by atoms with van der Waals surface area (Å²) in [5, 5.41) is 0. The largest absolute Gasteiger partial charge is 0.361 e. The molecule has 1 aliphatic carbocycles. The molecule has 0 unspecified atom stereocenters. The van der Waals surface area contributed by atoms with Crippen molar-refractivity contribution in [3.63, 3.8) is 0 Å².